The number of aryl methyl sites for hydroxylation is 1. The molecule has 1 heterocycles. The van der Waals surface area contributed by atoms with E-state index in [0.717, 1.165) is 16.3 Å². The van der Waals surface area contributed by atoms with Crippen molar-refractivity contribution in [1.82, 2.24) is 10.2 Å². The van der Waals surface area contributed by atoms with Gasteiger partial charge < -0.3 is 15.3 Å². The van der Waals surface area contributed by atoms with Crippen LogP contribution < -0.4 is 5.32 Å². The Morgan fingerprint density at radius 3 is 2.77 bits per heavy atom. The summed E-state index contributed by atoms with van der Waals surface area (Å²) in [5.41, 5.74) is 0.779. The fourth-order valence-corrected chi connectivity index (χ4v) is 3.54. The van der Waals surface area contributed by atoms with Crippen molar-refractivity contribution in [3.8, 4) is 5.75 Å². The highest BCUT2D eigenvalue weighted by atomic mass is 16.3. The summed E-state index contributed by atoms with van der Waals surface area (Å²) in [5.74, 6) is 0.557. The average molecular weight is 354 g/mol. The van der Waals surface area contributed by atoms with Crippen molar-refractivity contribution in [1.29, 1.82) is 0 Å². The molecule has 3 rings (SSSR count). The Morgan fingerprint density at radius 2 is 2.04 bits per heavy atom. The number of fused-ring (bicyclic) bond motifs is 1. The summed E-state index contributed by atoms with van der Waals surface area (Å²) in [7, 11) is 0. The molecule has 5 nitrogen and oxygen atoms in total. The summed E-state index contributed by atoms with van der Waals surface area (Å²) in [5, 5.41) is 15.1. The van der Waals surface area contributed by atoms with Gasteiger partial charge in [0.25, 0.3) is 0 Å². The Labute approximate surface area is 154 Å². The SMILES string of the molecule is CC(C)N1CC(CNC(=O)CCc2ccc3ccccc3c2O)CC1=O. The number of rotatable bonds is 6. The summed E-state index contributed by atoms with van der Waals surface area (Å²) < 4.78 is 0. The van der Waals surface area contributed by atoms with Crippen LogP contribution in [0.15, 0.2) is 36.4 Å². The molecular weight excluding hydrogens is 328 g/mol. The van der Waals surface area contributed by atoms with Gasteiger partial charge >= 0.3 is 0 Å². The maximum atomic E-state index is 12.2. The van der Waals surface area contributed by atoms with Crippen molar-refractivity contribution < 1.29 is 14.7 Å². The molecule has 5 heteroatoms. The van der Waals surface area contributed by atoms with Crippen molar-refractivity contribution >= 4 is 22.6 Å². The van der Waals surface area contributed by atoms with Crippen molar-refractivity contribution in [3.63, 3.8) is 0 Å². The molecule has 2 aromatic carbocycles. The number of likely N-dealkylation sites (tertiary alicyclic amines) is 1. The molecule has 138 valence electrons. The summed E-state index contributed by atoms with van der Waals surface area (Å²) in [6.45, 7) is 5.25. The molecule has 2 amide bonds. The van der Waals surface area contributed by atoms with Gasteiger partial charge in [-0.05, 0) is 31.2 Å². The van der Waals surface area contributed by atoms with E-state index in [2.05, 4.69) is 5.32 Å². The Bertz CT molecular complexity index is 816. The van der Waals surface area contributed by atoms with E-state index in [1.54, 1.807) is 0 Å². The number of phenols is 1. The summed E-state index contributed by atoms with van der Waals surface area (Å²) >= 11 is 0. The molecule has 0 radical (unpaired) electrons. The van der Waals surface area contributed by atoms with E-state index in [-0.39, 0.29) is 29.5 Å². The lowest BCUT2D eigenvalue weighted by Crippen LogP contribution is -2.34. The number of amides is 2. The van der Waals surface area contributed by atoms with Crippen LogP contribution in [0.1, 0.15) is 32.3 Å². The van der Waals surface area contributed by atoms with E-state index in [1.165, 1.54) is 0 Å². The van der Waals surface area contributed by atoms with Crippen LogP contribution >= 0.6 is 0 Å². The Balaban J connectivity index is 1.51. The van der Waals surface area contributed by atoms with Gasteiger partial charge in [-0.3, -0.25) is 9.59 Å². The molecular formula is C21H26N2O3. The first-order valence-electron chi connectivity index (χ1n) is 9.21. The number of hydrogen-bond donors (Lipinski definition) is 2. The smallest absolute Gasteiger partial charge is 0.223 e. The molecule has 26 heavy (non-hydrogen) atoms. The molecule has 1 fully saturated rings. The van der Waals surface area contributed by atoms with Gasteiger partial charge in [-0.2, -0.15) is 0 Å². The molecule has 0 saturated carbocycles. The van der Waals surface area contributed by atoms with E-state index in [0.29, 0.717) is 32.4 Å². The fraction of sp³-hybridized carbons (Fsp3) is 0.429. The lowest BCUT2D eigenvalue weighted by atomic mass is 10.0. The normalized spacial score (nSPS) is 17.3. The topological polar surface area (TPSA) is 69.6 Å². The first-order chi connectivity index (χ1) is 12.5. The minimum atomic E-state index is -0.0481. The minimum absolute atomic E-state index is 0.0481. The zero-order valence-corrected chi connectivity index (χ0v) is 15.4. The minimum Gasteiger partial charge on any atom is -0.507 e. The zero-order valence-electron chi connectivity index (χ0n) is 15.4. The number of hydrogen-bond acceptors (Lipinski definition) is 3. The number of benzene rings is 2. The van der Waals surface area contributed by atoms with Crippen molar-refractivity contribution in [2.75, 3.05) is 13.1 Å². The number of aromatic hydroxyl groups is 1. The van der Waals surface area contributed by atoms with Crippen LogP contribution in [0.25, 0.3) is 10.8 Å². The monoisotopic (exact) mass is 354 g/mol. The van der Waals surface area contributed by atoms with E-state index in [4.69, 9.17) is 0 Å². The molecule has 1 aliphatic rings. The lowest BCUT2D eigenvalue weighted by Gasteiger charge is -2.21. The predicted octanol–water partition coefficient (Wildman–Crippen LogP) is 2.85. The summed E-state index contributed by atoms with van der Waals surface area (Å²) in [6, 6.07) is 11.7. The van der Waals surface area contributed by atoms with Gasteiger partial charge in [0.1, 0.15) is 5.75 Å². The third-order valence-corrected chi connectivity index (χ3v) is 5.06. The quantitative estimate of drug-likeness (QED) is 0.838. The van der Waals surface area contributed by atoms with Crippen LogP contribution in [-0.2, 0) is 16.0 Å². The maximum absolute atomic E-state index is 12.2. The average Bonchev–Trinajstić information content (AvgIpc) is 3.01. The highest BCUT2D eigenvalue weighted by Gasteiger charge is 2.31. The number of phenolic OH excluding ortho intramolecular Hbond substituents is 1. The third-order valence-electron chi connectivity index (χ3n) is 5.06. The van der Waals surface area contributed by atoms with Gasteiger partial charge in [-0.1, -0.05) is 36.4 Å². The lowest BCUT2D eigenvalue weighted by molar-refractivity contribution is -0.129. The second-order valence-electron chi connectivity index (χ2n) is 7.31. The van der Waals surface area contributed by atoms with Crippen molar-refractivity contribution in [2.45, 2.75) is 39.2 Å². The van der Waals surface area contributed by atoms with E-state index in [9.17, 15) is 14.7 Å². The first-order valence-corrected chi connectivity index (χ1v) is 9.21. The Hall–Kier alpha value is -2.56. The molecule has 1 atom stereocenters. The van der Waals surface area contributed by atoms with Crippen LogP contribution in [0.2, 0.25) is 0 Å². The van der Waals surface area contributed by atoms with Gasteiger partial charge in [0, 0.05) is 43.3 Å². The summed E-state index contributed by atoms with van der Waals surface area (Å²) in [6.07, 6.45) is 1.31. The molecule has 2 N–H and O–H groups in total. The number of carbonyl (C=O) groups is 2. The van der Waals surface area contributed by atoms with Gasteiger partial charge in [0.15, 0.2) is 0 Å². The highest BCUT2D eigenvalue weighted by Crippen LogP contribution is 2.29. The Kier molecular flexibility index (Phi) is 5.45. The van der Waals surface area contributed by atoms with Crippen LogP contribution in [-0.4, -0.2) is 41.0 Å². The molecule has 2 aromatic rings. The number of nitrogens with one attached hydrogen (secondary N) is 1. The third kappa shape index (κ3) is 3.98. The molecule has 0 aliphatic carbocycles. The van der Waals surface area contributed by atoms with Gasteiger partial charge in [-0.25, -0.2) is 0 Å². The van der Waals surface area contributed by atoms with Crippen molar-refractivity contribution in [3.05, 3.63) is 42.0 Å². The molecule has 0 aromatic heterocycles. The van der Waals surface area contributed by atoms with Gasteiger partial charge in [0.2, 0.25) is 11.8 Å². The van der Waals surface area contributed by atoms with Gasteiger partial charge in [0.05, 0.1) is 0 Å². The molecule has 0 bridgehead atoms. The first kappa shape index (κ1) is 18.2. The molecule has 1 unspecified atom stereocenters. The largest absolute Gasteiger partial charge is 0.507 e. The van der Waals surface area contributed by atoms with Crippen LogP contribution in [0.5, 0.6) is 5.75 Å². The second kappa shape index (κ2) is 7.77. The van der Waals surface area contributed by atoms with Crippen LogP contribution in [0, 0.1) is 5.92 Å². The van der Waals surface area contributed by atoms with E-state index < -0.39 is 0 Å². The number of carbonyl (C=O) groups excluding carboxylic acids is 2. The predicted molar refractivity (Wildman–Crippen MR) is 102 cm³/mol. The fourth-order valence-electron chi connectivity index (χ4n) is 3.54. The molecule has 1 aliphatic heterocycles. The number of nitrogens with zero attached hydrogens (tertiary/aromatic N) is 1. The van der Waals surface area contributed by atoms with Crippen LogP contribution in [0.4, 0.5) is 0 Å². The molecule has 0 spiro atoms. The molecule has 1 saturated heterocycles. The standard InChI is InChI=1S/C21H26N2O3/c1-14(2)23-13-15(11-20(23)25)12-22-19(24)10-9-17-8-7-16-5-3-4-6-18(16)21(17)26/h3-8,14-15,26H,9-13H2,1-2H3,(H,22,24). The van der Waals surface area contributed by atoms with Crippen molar-refractivity contribution in [2.24, 2.45) is 5.92 Å². The van der Waals surface area contributed by atoms with E-state index in [1.807, 2.05) is 55.1 Å². The van der Waals surface area contributed by atoms with Gasteiger partial charge in [-0.15, -0.1) is 0 Å². The zero-order chi connectivity index (χ0) is 18.7. The summed E-state index contributed by atoms with van der Waals surface area (Å²) in [4.78, 5) is 25.9. The maximum Gasteiger partial charge on any atom is 0.223 e. The Morgan fingerprint density at radius 1 is 1.27 bits per heavy atom. The van der Waals surface area contributed by atoms with Crippen LogP contribution in [0.3, 0.4) is 0 Å². The van der Waals surface area contributed by atoms with E-state index >= 15 is 0 Å². The second-order valence-corrected chi connectivity index (χ2v) is 7.31. The highest BCUT2D eigenvalue weighted by molar-refractivity contribution is 5.89.